The smallest absolute Gasteiger partial charge is 0.0468 e. The van der Waals surface area contributed by atoms with E-state index in [1.807, 2.05) is 0 Å². The molecule has 10 aromatic rings. The molecule has 0 atom stereocenters. The Morgan fingerprint density at radius 3 is 1.57 bits per heavy atom. The molecule has 0 heterocycles. The molecule has 0 radical (unpaired) electrons. The van der Waals surface area contributed by atoms with Crippen molar-refractivity contribution in [1.29, 1.82) is 0 Å². The fourth-order valence-electron chi connectivity index (χ4n) is 8.23. The van der Waals surface area contributed by atoms with Gasteiger partial charge in [0.1, 0.15) is 0 Å². The molecule has 0 aliphatic rings. The second kappa shape index (κ2) is 14.4. The molecule has 56 heavy (non-hydrogen) atoms. The molecule has 0 amide bonds. The van der Waals surface area contributed by atoms with Gasteiger partial charge in [-0.25, -0.2) is 0 Å². The van der Waals surface area contributed by atoms with E-state index in [-0.39, 0.29) is 0 Å². The highest BCUT2D eigenvalue weighted by Crippen LogP contribution is 2.48. The van der Waals surface area contributed by atoms with E-state index >= 15 is 0 Å². The van der Waals surface area contributed by atoms with Crippen LogP contribution in [0.25, 0.3) is 65.7 Å². The molecule has 0 aliphatic heterocycles. The van der Waals surface area contributed by atoms with Crippen molar-refractivity contribution in [1.82, 2.24) is 0 Å². The van der Waals surface area contributed by atoms with Crippen LogP contribution in [0.5, 0.6) is 0 Å². The lowest BCUT2D eigenvalue weighted by atomic mass is 9.84. The summed E-state index contributed by atoms with van der Waals surface area (Å²) < 4.78 is 0. The minimum atomic E-state index is 1.05. The summed E-state index contributed by atoms with van der Waals surface area (Å²) in [5.74, 6) is 0. The van der Waals surface area contributed by atoms with Gasteiger partial charge in [-0.2, -0.15) is 0 Å². The van der Waals surface area contributed by atoms with Crippen LogP contribution in [0.3, 0.4) is 0 Å². The van der Waals surface area contributed by atoms with Crippen LogP contribution in [0, 0.1) is 0 Å². The average molecular weight is 715 g/mol. The summed E-state index contributed by atoms with van der Waals surface area (Å²) in [6, 6.07) is 80.8. The SMILES string of the molecule is c1ccc(Nc2ccc3c(-c4cccc5ccccc45)c4cc(N(c5ccccc5)c5ccc(-c6ccccc6)cc5)ccc4c(-c4ccccc4)c3c2)cc1. The molecule has 0 fully saturated rings. The number of benzene rings is 10. The molecular formula is C54H38N2. The molecule has 264 valence electrons. The number of hydrogen-bond acceptors (Lipinski definition) is 2. The highest BCUT2D eigenvalue weighted by atomic mass is 15.1. The third-order valence-electron chi connectivity index (χ3n) is 10.8. The molecule has 0 spiro atoms. The van der Waals surface area contributed by atoms with Gasteiger partial charge in [0.2, 0.25) is 0 Å². The van der Waals surface area contributed by atoms with Crippen molar-refractivity contribution >= 4 is 60.8 Å². The third kappa shape index (κ3) is 6.14. The maximum atomic E-state index is 3.68. The number of anilines is 5. The second-order valence-electron chi connectivity index (χ2n) is 14.2. The van der Waals surface area contributed by atoms with E-state index < -0.39 is 0 Å². The molecule has 0 aromatic heterocycles. The Bertz CT molecular complexity index is 2950. The average Bonchev–Trinajstić information content (AvgIpc) is 3.27. The Balaban J connectivity index is 1.26. The molecule has 2 heteroatoms. The minimum absolute atomic E-state index is 1.05. The summed E-state index contributed by atoms with van der Waals surface area (Å²) in [6.07, 6.45) is 0. The number of para-hydroxylation sites is 2. The number of nitrogens with one attached hydrogen (secondary N) is 1. The van der Waals surface area contributed by atoms with Crippen LogP contribution in [0.2, 0.25) is 0 Å². The molecule has 10 rings (SSSR count). The largest absolute Gasteiger partial charge is 0.356 e. The zero-order valence-corrected chi connectivity index (χ0v) is 30.8. The molecule has 0 saturated heterocycles. The predicted octanol–water partition coefficient (Wildman–Crippen LogP) is 15.4. The summed E-state index contributed by atoms with van der Waals surface area (Å²) in [5, 5.41) is 11.0. The Hall–Kier alpha value is -7.42. The fraction of sp³-hybridized carbons (Fsp3) is 0. The molecule has 0 aliphatic carbocycles. The van der Waals surface area contributed by atoms with Crippen molar-refractivity contribution in [2.45, 2.75) is 0 Å². The summed E-state index contributed by atoms with van der Waals surface area (Å²) >= 11 is 0. The van der Waals surface area contributed by atoms with E-state index in [1.165, 1.54) is 65.7 Å². The van der Waals surface area contributed by atoms with Gasteiger partial charge in [-0.3, -0.25) is 0 Å². The number of nitrogens with zero attached hydrogens (tertiary/aromatic N) is 1. The van der Waals surface area contributed by atoms with Gasteiger partial charge >= 0.3 is 0 Å². The molecular weight excluding hydrogens is 677 g/mol. The molecule has 0 bridgehead atoms. The van der Waals surface area contributed by atoms with Crippen LogP contribution in [0.15, 0.2) is 224 Å². The van der Waals surface area contributed by atoms with Crippen LogP contribution in [-0.4, -0.2) is 0 Å². The number of rotatable bonds is 8. The normalized spacial score (nSPS) is 11.2. The van der Waals surface area contributed by atoms with Crippen molar-refractivity contribution in [2.75, 3.05) is 10.2 Å². The topological polar surface area (TPSA) is 15.3 Å². The monoisotopic (exact) mass is 714 g/mol. The van der Waals surface area contributed by atoms with Crippen molar-refractivity contribution in [2.24, 2.45) is 0 Å². The standard InChI is InChI=1S/C54H38N2/c1-5-16-38(17-6-1)39-28-31-45(32-29-39)56(44-24-11-4-12-25-44)46-33-35-49-52(37-46)54(48-27-15-21-40-18-13-14-26-47(40)48)50-34-30-43(55-42-22-9-3-10-23-42)36-51(50)53(49)41-19-7-2-8-20-41/h1-37,55H. The summed E-state index contributed by atoms with van der Waals surface area (Å²) in [6.45, 7) is 0. The van der Waals surface area contributed by atoms with E-state index in [1.54, 1.807) is 0 Å². The lowest BCUT2D eigenvalue weighted by molar-refractivity contribution is 1.29. The predicted molar refractivity (Wildman–Crippen MR) is 240 cm³/mol. The maximum absolute atomic E-state index is 3.68. The Labute approximate surface area is 327 Å². The van der Waals surface area contributed by atoms with Gasteiger partial charge in [0, 0.05) is 28.4 Å². The summed E-state index contributed by atoms with van der Waals surface area (Å²) in [5.41, 5.74) is 12.7. The first-order chi connectivity index (χ1) is 27.8. The summed E-state index contributed by atoms with van der Waals surface area (Å²) in [7, 11) is 0. The van der Waals surface area contributed by atoms with Crippen molar-refractivity contribution in [3.63, 3.8) is 0 Å². The first kappa shape index (κ1) is 33.2. The maximum Gasteiger partial charge on any atom is 0.0468 e. The Kier molecular flexibility index (Phi) is 8.55. The van der Waals surface area contributed by atoms with Crippen molar-refractivity contribution in [3.05, 3.63) is 224 Å². The molecule has 1 N–H and O–H groups in total. The van der Waals surface area contributed by atoms with E-state index in [4.69, 9.17) is 0 Å². The van der Waals surface area contributed by atoms with E-state index in [0.29, 0.717) is 0 Å². The van der Waals surface area contributed by atoms with Gasteiger partial charge in [-0.15, -0.1) is 0 Å². The van der Waals surface area contributed by atoms with Crippen LogP contribution >= 0.6 is 0 Å². The van der Waals surface area contributed by atoms with Crippen molar-refractivity contribution < 1.29 is 0 Å². The van der Waals surface area contributed by atoms with Crippen molar-refractivity contribution in [3.8, 4) is 33.4 Å². The first-order valence-electron chi connectivity index (χ1n) is 19.2. The van der Waals surface area contributed by atoms with Gasteiger partial charge in [-0.05, 0) is 126 Å². The van der Waals surface area contributed by atoms with Gasteiger partial charge < -0.3 is 10.2 Å². The molecule has 2 nitrogen and oxygen atoms in total. The minimum Gasteiger partial charge on any atom is -0.356 e. The molecule has 0 unspecified atom stereocenters. The van der Waals surface area contributed by atoms with Crippen LogP contribution in [0.4, 0.5) is 28.4 Å². The van der Waals surface area contributed by atoms with Gasteiger partial charge in [0.25, 0.3) is 0 Å². The Morgan fingerprint density at radius 1 is 0.286 bits per heavy atom. The number of hydrogen-bond donors (Lipinski definition) is 1. The van der Waals surface area contributed by atoms with Gasteiger partial charge in [-0.1, -0.05) is 164 Å². The second-order valence-corrected chi connectivity index (χ2v) is 14.2. The van der Waals surface area contributed by atoms with E-state index in [2.05, 4.69) is 235 Å². The first-order valence-corrected chi connectivity index (χ1v) is 19.2. The molecule has 10 aromatic carbocycles. The highest BCUT2D eigenvalue weighted by Gasteiger charge is 2.21. The fourth-order valence-corrected chi connectivity index (χ4v) is 8.23. The summed E-state index contributed by atoms with van der Waals surface area (Å²) in [4.78, 5) is 2.38. The van der Waals surface area contributed by atoms with E-state index in [9.17, 15) is 0 Å². The quantitative estimate of drug-likeness (QED) is 0.158. The van der Waals surface area contributed by atoms with E-state index in [0.717, 1.165) is 28.4 Å². The molecule has 0 saturated carbocycles. The van der Waals surface area contributed by atoms with Gasteiger partial charge in [0.15, 0.2) is 0 Å². The van der Waals surface area contributed by atoms with Crippen LogP contribution < -0.4 is 10.2 Å². The third-order valence-corrected chi connectivity index (χ3v) is 10.8. The van der Waals surface area contributed by atoms with Gasteiger partial charge in [0.05, 0.1) is 0 Å². The van der Waals surface area contributed by atoms with Crippen LogP contribution in [-0.2, 0) is 0 Å². The Morgan fingerprint density at radius 2 is 0.821 bits per heavy atom. The number of fused-ring (bicyclic) bond motifs is 3. The van der Waals surface area contributed by atoms with Crippen LogP contribution in [0.1, 0.15) is 0 Å². The lowest BCUT2D eigenvalue weighted by Crippen LogP contribution is -2.10. The lowest BCUT2D eigenvalue weighted by Gasteiger charge is -2.27. The zero-order valence-electron chi connectivity index (χ0n) is 30.8. The highest BCUT2D eigenvalue weighted by molar-refractivity contribution is 6.24. The zero-order chi connectivity index (χ0) is 37.3.